The van der Waals surface area contributed by atoms with Crippen LogP contribution in [0.2, 0.25) is 0 Å². The van der Waals surface area contributed by atoms with Crippen molar-refractivity contribution in [1.82, 2.24) is 19.8 Å². The topological polar surface area (TPSA) is 142 Å². The summed E-state index contributed by atoms with van der Waals surface area (Å²) in [5.41, 5.74) is 8.84. The predicted octanol–water partition coefficient (Wildman–Crippen LogP) is 2.61. The van der Waals surface area contributed by atoms with E-state index in [2.05, 4.69) is 51.0 Å². The van der Waals surface area contributed by atoms with Gasteiger partial charge in [0.2, 0.25) is 5.91 Å². The number of nitrogens with two attached hydrogens (primary N) is 1. The van der Waals surface area contributed by atoms with E-state index in [1.165, 1.54) is 10.5 Å². The van der Waals surface area contributed by atoms with Gasteiger partial charge < -0.3 is 25.4 Å². The van der Waals surface area contributed by atoms with Crippen LogP contribution in [0, 0.1) is 0 Å². The largest absolute Gasteiger partial charge is 0.489 e. The Labute approximate surface area is 238 Å². The molecule has 41 heavy (non-hydrogen) atoms. The van der Waals surface area contributed by atoms with Gasteiger partial charge in [-0.2, -0.15) is 0 Å². The van der Waals surface area contributed by atoms with Gasteiger partial charge in [0.1, 0.15) is 30.5 Å². The number of carboxylic acid groups (broad SMARTS) is 1. The number of nitrogens with zero attached hydrogens (tertiary/aromatic N) is 5. The average Bonchev–Trinajstić information content (AvgIpc) is 3.32. The van der Waals surface area contributed by atoms with Crippen LogP contribution < -0.4 is 15.4 Å². The molecular weight excluding hydrogens is 524 g/mol. The number of carbonyl (C=O) groups is 3. The van der Waals surface area contributed by atoms with E-state index in [4.69, 9.17) is 15.6 Å². The molecule has 1 saturated heterocycles. The summed E-state index contributed by atoms with van der Waals surface area (Å²) in [6.45, 7) is 6.38. The van der Waals surface area contributed by atoms with Crippen molar-refractivity contribution < 1.29 is 24.2 Å². The molecule has 2 amide bonds. The van der Waals surface area contributed by atoms with Crippen LogP contribution in [0.15, 0.2) is 61.1 Å². The second-order valence-electron chi connectivity index (χ2n) is 10.4. The van der Waals surface area contributed by atoms with Crippen LogP contribution in [0.3, 0.4) is 0 Å². The Balaban J connectivity index is 1.18. The zero-order valence-electron chi connectivity index (χ0n) is 23.0. The van der Waals surface area contributed by atoms with Crippen LogP contribution in [0.25, 0.3) is 0 Å². The lowest BCUT2D eigenvalue weighted by molar-refractivity contribution is -0.137. The molecule has 0 radical (unpaired) electrons. The van der Waals surface area contributed by atoms with Gasteiger partial charge in [-0.1, -0.05) is 30.3 Å². The van der Waals surface area contributed by atoms with Crippen molar-refractivity contribution >= 4 is 23.6 Å². The predicted molar refractivity (Wildman–Crippen MR) is 151 cm³/mol. The highest BCUT2D eigenvalue weighted by molar-refractivity contribution is 6.01. The summed E-state index contributed by atoms with van der Waals surface area (Å²) in [7, 11) is 0. The summed E-state index contributed by atoms with van der Waals surface area (Å²) in [5.74, 6) is -0.610. The lowest BCUT2D eigenvalue weighted by atomic mass is 10.0. The normalized spacial score (nSPS) is 16.8. The van der Waals surface area contributed by atoms with Crippen LogP contribution >= 0.6 is 0 Å². The number of rotatable bonds is 11. The molecule has 0 spiro atoms. The maximum atomic E-state index is 13.0. The summed E-state index contributed by atoms with van der Waals surface area (Å²) >= 11 is 0. The van der Waals surface area contributed by atoms with Gasteiger partial charge in [0, 0.05) is 56.0 Å². The number of aliphatic carboxylic acids is 1. The molecule has 0 saturated carbocycles. The number of fused-ring (bicyclic) bond motifs is 1. The molecule has 2 unspecified atom stereocenters. The van der Waals surface area contributed by atoms with Gasteiger partial charge in [-0.15, -0.1) is 0 Å². The molecule has 2 aliphatic heterocycles. The zero-order chi connectivity index (χ0) is 28.9. The van der Waals surface area contributed by atoms with Gasteiger partial charge in [-0.3, -0.25) is 19.3 Å². The Morgan fingerprint density at radius 3 is 2.49 bits per heavy atom. The third kappa shape index (κ3) is 6.30. The molecular formula is C30H34N6O5. The van der Waals surface area contributed by atoms with E-state index in [-0.39, 0.29) is 31.3 Å². The standard InChI is InChI=1S/C30H34N6O5/c1-20(34-13-15-35(16-14-34)27-11-12-32-19-33-27)22-7-5-21(6-8-22)18-41-26-4-2-3-23-24(26)17-36(30(23)40)25(29(31)39)9-10-28(37)38/h2-8,11-12,19-20,25H,9-10,13-18H2,1H3,(H2,31,39)(H,37,38). The molecule has 2 aromatic carbocycles. The van der Waals surface area contributed by atoms with Crippen molar-refractivity contribution in [2.45, 2.75) is 45.0 Å². The smallest absolute Gasteiger partial charge is 0.303 e. The fourth-order valence-corrected chi connectivity index (χ4v) is 5.50. The van der Waals surface area contributed by atoms with Crippen molar-refractivity contribution in [3.8, 4) is 5.75 Å². The quantitative estimate of drug-likeness (QED) is 0.363. The number of amides is 2. The van der Waals surface area contributed by atoms with Gasteiger partial charge in [0.15, 0.2) is 0 Å². The highest BCUT2D eigenvalue weighted by atomic mass is 16.5. The first kappa shape index (κ1) is 28.0. The van der Waals surface area contributed by atoms with Crippen LogP contribution in [-0.4, -0.2) is 74.9 Å². The van der Waals surface area contributed by atoms with Crippen molar-refractivity contribution in [2.24, 2.45) is 5.73 Å². The molecule has 2 aliphatic rings. The second-order valence-corrected chi connectivity index (χ2v) is 10.4. The maximum Gasteiger partial charge on any atom is 0.303 e. The van der Waals surface area contributed by atoms with Crippen molar-refractivity contribution in [3.05, 3.63) is 83.3 Å². The Hall–Kier alpha value is -4.51. The van der Waals surface area contributed by atoms with Crippen molar-refractivity contribution in [2.75, 3.05) is 31.1 Å². The molecule has 214 valence electrons. The number of aromatic nitrogens is 2. The van der Waals surface area contributed by atoms with Crippen LogP contribution in [0.4, 0.5) is 5.82 Å². The first-order valence-electron chi connectivity index (χ1n) is 13.7. The monoisotopic (exact) mass is 558 g/mol. The number of anilines is 1. The van der Waals surface area contributed by atoms with Crippen LogP contribution in [-0.2, 0) is 22.7 Å². The number of carboxylic acids is 1. The molecule has 5 rings (SSSR count). The highest BCUT2D eigenvalue weighted by Crippen LogP contribution is 2.33. The zero-order valence-corrected chi connectivity index (χ0v) is 23.0. The third-order valence-electron chi connectivity index (χ3n) is 7.90. The van der Waals surface area contributed by atoms with E-state index >= 15 is 0 Å². The molecule has 1 fully saturated rings. The van der Waals surface area contributed by atoms with E-state index < -0.39 is 17.9 Å². The lowest BCUT2D eigenvalue weighted by Crippen LogP contribution is -2.47. The Bertz CT molecular complexity index is 1390. The van der Waals surface area contributed by atoms with Gasteiger partial charge >= 0.3 is 5.97 Å². The molecule has 3 N–H and O–H groups in total. The number of primary amides is 1. The highest BCUT2D eigenvalue weighted by Gasteiger charge is 2.37. The summed E-state index contributed by atoms with van der Waals surface area (Å²) in [5, 5.41) is 9.03. The third-order valence-corrected chi connectivity index (χ3v) is 7.90. The molecule has 1 aromatic heterocycles. The fraction of sp³-hybridized carbons (Fsp3) is 0.367. The molecule has 3 aromatic rings. The number of benzene rings is 2. The second kappa shape index (κ2) is 12.3. The minimum atomic E-state index is -1.05. The Kier molecular flexibility index (Phi) is 8.44. The fourth-order valence-electron chi connectivity index (χ4n) is 5.50. The van der Waals surface area contributed by atoms with E-state index in [9.17, 15) is 14.4 Å². The SMILES string of the molecule is CC(c1ccc(COc2cccc3c2CN(C(CCC(=O)O)C(N)=O)C3=O)cc1)N1CCN(c2ccncn2)CC1. The number of hydrogen-bond donors (Lipinski definition) is 2. The number of piperazine rings is 1. The van der Waals surface area contributed by atoms with Gasteiger partial charge in [-0.25, -0.2) is 9.97 Å². The van der Waals surface area contributed by atoms with Crippen molar-refractivity contribution in [3.63, 3.8) is 0 Å². The summed E-state index contributed by atoms with van der Waals surface area (Å²) in [6, 6.07) is 14.8. The number of ether oxygens (including phenoxy) is 1. The molecule has 11 nitrogen and oxygen atoms in total. The molecule has 3 heterocycles. The number of hydrogen-bond acceptors (Lipinski definition) is 8. The molecule has 0 bridgehead atoms. The van der Waals surface area contributed by atoms with Gasteiger partial charge in [-0.05, 0) is 42.7 Å². The first-order valence-corrected chi connectivity index (χ1v) is 13.7. The van der Waals surface area contributed by atoms with E-state index in [1.807, 2.05) is 6.07 Å². The van der Waals surface area contributed by atoms with Crippen molar-refractivity contribution in [1.29, 1.82) is 0 Å². The maximum absolute atomic E-state index is 13.0. The van der Waals surface area contributed by atoms with E-state index in [0.29, 0.717) is 23.5 Å². The summed E-state index contributed by atoms with van der Waals surface area (Å²) < 4.78 is 6.13. The van der Waals surface area contributed by atoms with Crippen LogP contribution in [0.1, 0.15) is 52.9 Å². The summed E-state index contributed by atoms with van der Waals surface area (Å²) in [6.07, 6.45) is 3.06. The minimum absolute atomic E-state index is 0.0387. The van der Waals surface area contributed by atoms with Gasteiger partial charge in [0.25, 0.3) is 5.91 Å². The first-order chi connectivity index (χ1) is 19.8. The Morgan fingerprint density at radius 2 is 1.83 bits per heavy atom. The molecule has 0 aliphatic carbocycles. The number of carbonyl (C=O) groups excluding carboxylic acids is 2. The van der Waals surface area contributed by atoms with E-state index in [1.54, 1.807) is 30.7 Å². The lowest BCUT2D eigenvalue weighted by Gasteiger charge is -2.38. The van der Waals surface area contributed by atoms with Gasteiger partial charge in [0.05, 0.1) is 6.54 Å². The average molecular weight is 559 g/mol. The molecule has 11 heteroatoms. The molecule has 2 atom stereocenters. The Morgan fingerprint density at radius 1 is 1.07 bits per heavy atom. The summed E-state index contributed by atoms with van der Waals surface area (Å²) in [4.78, 5) is 50.6. The van der Waals surface area contributed by atoms with E-state index in [0.717, 1.165) is 37.6 Å². The van der Waals surface area contributed by atoms with Crippen LogP contribution in [0.5, 0.6) is 5.75 Å². The minimum Gasteiger partial charge on any atom is -0.489 e.